The van der Waals surface area contributed by atoms with E-state index in [9.17, 15) is 18.0 Å². The third-order valence-corrected chi connectivity index (χ3v) is 5.89. The molecule has 0 aliphatic heterocycles. The molecule has 27 heavy (non-hydrogen) atoms. The summed E-state index contributed by atoms with van der Waals surface area (Å²) < 4.78 is 50.7. The molecule has 0 bridgehead atoms. The van der Waals surface area contributed by atoms with Crippen LogP contribution < -0.4 is 0 Å². The van der Waals surface area contributed by atoms with Gasteiger partial charge < -0.3 is 9.47 Å². The molecule has 2 aromatic rings. The summed E-state index contributed by atoms with van der Waals surface area (Å²) in [7, 11) is -0.0687. The number of pyridine rings is 1. The van der Waals surface area contributed by atoms with E-state index in [-0.39, 0.29) is 29.0 Å². The van der Waals surface area contributed by atoms with Gasteiger partial charge in [0.15, 0.2) is 11.3 Å². The van der Waals surface area contributed by atoms with E-state index in [0.29, 0.717) is 6.61 Å². The lowest BCUT2D eigenvalue weighted by Crippen LogP contribution is -2.22. The van der Waals surface area contributed by atoms with Crippen LogP contribution in [0.25, 0.3) is 11.0 Å². The third-order valence-electron chi connectivity index (χ3n) is 4.19. The minimum atomic E-state index is -4.41. The molecule has 0 saturated heterocycles. The summed E-state index contributed by atoms with van der Waals surface area (Å²) in [5.74, 6) is -2.45. The van der Waals surface area contributed by atoms with Crippen molar-refractivity contribution in [3.05, 3.63) is 23.5 Å². The number of hydrogen-bond acceptors (Lipinski definition) is 5. The molecule has 0 saturated carbocycles. The lowest BCUT2D eigenvalue weighted by molar-refractivity contribution is -0.146. The lowest BCUT2D eigenvalue weighted by Gasteiger charge is -2.16. The van der Waals surface area contributed by atoms with E-state index < -0.39 is 26.1 Å². The quantitative estimate of drug-likeness (QED) is 0.394. The van der Waals surface area contributed by atoms with Gasteiger partial charge in [0.05, 0.1) is 18.4 Å². The van der Waals surface area contributed by atoms with E-state index in [0.717, 1.165) is 19.2 Å². The van der Waals surface area contributed by atoms with Crippen LogP contribution in [0.4, 0.5) is 13.2 Å². The molecule has 1 atom stereocenters. The highest BCUT2D eigenvalue weighted by atomic mass is 28.3. The monoisotopic (exact) mass is 403 g/mol. The average molecular weight is 403 g/mol. The molecular weight excluding hydrogens is 379 g/mol. The first-order valence-corrected chi connectivity index (χ1v) is 12.2. The predicted molar refractivity (Wildman–Crippen MR) is 97.4 cm³/mol. The standard InChI is InChI=1S/C17H24F3N3O3Si/c1-11(17(18,19)20)12-8-13-14(16(24)25-2)22-23(15(13)21-9-12)10-26-6-7-27(3,4)5/h8-9,11H,6-7,10H2,1-5H3. The molecule has 0 amide bonds. The van der Waals surface area contributed by atoms with Crippen LogP contribution >= 0.6 is 0 Å². The Hall–Kier alpha value is -1.94. The van der Waals surface area contributed by atoms with Crippen molar-refractivity contribution in [1.29, 1.82) is 0 Å². The smallest absolute Gasteiger partial charge is 0.395 e. The van der Waals surface area contributed by atoms with Crippen molar-refractivity contribution in [1.82, 2.24) is 14.8 Å². The number of hydrogen-bond donors (Lipinski definition) is 0. The van der Waals surface area contributed by atoms with Crippen molar-refractivity contribution < 1.29 is 27.4 Å². The molecule has 2 aromatic heterocycles. The van der Waals surface area contributed by atoms with Crippen LogP contribution in [0.1, 0.15) is 28.9 Å². The minimum Gasteiger partial charge on any atom is -0.464 e. The Balaban J connectivity index is 2.35. The number of alkyl halides is 3. The van der Waals surface area contributed by atoms with Crippen LogP contribution in [-0.4, -0.2) is 48.7 Å². The number of rotatable bonds is 7. The molecule has 150 valence electrons. The molecular formula is C17H24F3N3O3Si. The van der Waals surface area contributed by atoms with Crippen LogP contribution in [0.15, 0.2) is 12.3 Å². The maximum absolute atomic E-state index is 13.0. The molecule has 0 N–H and O–H groups in total. The fourth-order valence-corrected chi connectivity index (χ4v) is 3.12. The summed E-state index contributed by atoms with van der Waals surface area (Å²) in [6.45, 7) is 8.30. The highest BCUT2D eigenvalue weighted by molar-refractivity contribution is 6.76. The van der Waals surface area contributed by atoms with E-state index in [4.69, 9.17) is 9.47 Å². The Morgan fingerprint density at radius 3 is 2.56 bits per heavy atom. The van der Waals surface area contributed by atoms with Gasteiger partial charge in [0, 0.05) is 20.9 Å². The van der Waals surface area contributed by atoms with Gasteiger partial charge in [0.25, 0.3) is 0 Å². The Bertz CT molecular complexity index is 815. The molecule has 0 aromatic carbocycles. The molecule has 6 nitrogen and oxygen atoms in total. The van der Waals surface area contributed by atoms with Gasteiger partial charge in [-0.2, -0.15) is 18.3 Å². The second-order valence-electron chi connectivity index (χ2n) is 7.59. The van der Waals surface area contributed by atoms with Crippen molar-refractivity contribution in [3.63, 3.8) is 0 Å². The summed E-state index contributed by atoms with van der Waals surface area (Å²) in [5, 5.41) is 4.35. The van der Waals surface area contributed by atoms with Gasteiger partial charge in [-0.05, 0) is 24.6 Å². The molecule has 1 unspecified atom stereocenters. The van der Waals surface area contributed by atoms with Crippen LogP contribution in [0.2, 0.25) is 25.7 Å². The number of esters is 1. The first-order valence-electron chi connectivity index (χ1n) is 8.53. The number of nitrogens with zero attached hydrogens (tertiary/aromatic N) is 3. The number of halogens is 3. The van der Waals surface area contributed by atoms with Crippen molar-refractivity contribution >= 4 is 25.1 Å². The maximum Gasteiger partial charge on any atom is 0.395 e. The summed E-state index contributed by atoms with van der Waals surface area (Å²) >= 11 is 0. The highest BCUT2D eigenvalue weighted by Gasteiger charge is 2.37. The second-order valence-corrected chi connectivity index (χ2v) is 13.2. The normalized spacial score (nSPS) is 13.8. The Morgan fingerprint density at radius 2 is 2.00 bits per heavy atom. The molecule has 10 heteroatoms. The van der Waals surface area contributed by atoms with Crippen molar-refractivity contribution in [2.45, 2.75) is 51.4 Å². The Morgan fingerprint density at radius 1 is 1.33 bits per heavy atom. The van der Waals surface area contributed by atoms with E-state index >= 15 is 0 Å². The Kier molecular flexibility index (Phi) is 6.30. The molecule has 0 spiro atoms. The van der Waals surface area contributed by atoms with Crippen LogP contribution in [-0.2, 0) is 16.2 Å². The summed E-state index contributed by atoms with van der Waals surface area (Å²) in [6, 6.07) is 2.25. The first-order chi connectivity index (χ1) is 12.4. The molecule has 2 heterocycles. The zero-order valence-electron chi connectivity index (χ0n) is 16.1. The van der Waals surface area contributed by atoms with Gasteiger partial charge in [0.1, 0.15) is 6.73 Å². The number of methoxy groups -OCH3 is 1. The van der Waals surface area contributed by atoms with Gasteiger partial charge >= 0.3 is 12.1 Å². The van der Waals surface area contributed by atoms with Gasteiger partial charge in [-0.1, -0.05) is 19.6 Å². The number of ether oxygens (including phenoxy) is 2. The topological polar surface area (TPSA) is 66.2 Å². The summed E-state index contributed by atoms with van der Waals surface area (Å²) in [4.78, 5) is 16.1. The van der Waals surface area contributed by atoms with E-state index in [2.05, 4.69) is 29.7 Å². The van der Waals surface area contributed by atoms with Crippen LogP contribution in [0, 0.1) is 0 Å². The predicted octanol–water partition coefficient (Wildman–Crippen LogP) is 4.20. The van der Waals surface area contributed by atoms with Crippen molar-refractivity contribution in [3.8, 4) is 0 Å². The van der Waals surface area contributed by atoms with E-state index in [1.54, 1.807) is 0 Å². The van der Waals surface area contributed by atoms with Crippen LogP contribution in [0.3, 0.4) is 0 Å². The maximum atomic E-state index is 13.0. The first kappa shape index (κ1) is 21.4. The zero-order valence-corrected chi connectivity index (χ0v) is 17.1. The lowest BCUT2D eigenvalue weighted by atomic mass is 10.0. The minimum absolute atomic E-state index is 0.0423. The summed E-state index contributed by atoms with van der Waals surface area (Å²) in [6.07, 6.45) is -3.25. The SMILES string of the molecule is COC(=O)c1nn(COCC[Si](C)(C)C)c2ncc(C(C)C(F)(F)F)cc12. The van der Waals surface area contributed by atoms with Crippen LogP contribution in [0.5, 0.6) is 0 Å². The van der Waals surface area contributed by atoms with Gasteiger partial charge in [-0.25, -0.2) is 14.5 Å². The largest absolute Gasteiger partial charge is 0.464 e. The van der Waals surface area contributed by atoms with Crippen molar-refractivity contribution in [2.24, 2.45) is 0 Å². The number of carbonyl (C=O) groups excluding carboxylic acids is 1. The second kappa shape index (κ2) is 7.97. The van der Waals surface area contributed by atoms with Gasteiger partial charge in [0.2, 0.25) is 0 Å². The number of carbonyl (C=O) groups is 1. The summed E-state index contributed by atoms with van der Waals surface area (Å²) in [5.41, 5.74) is 0.158. The average Bonchev–Trinajstić information content (AvgIpc) is 2.93. The fourth-order valence-electron chi connectivity index (χ4n) is 2.37. The van der Waals surface area contributed by atoms with E-state index in [1.807, 2.05) is 0 Å². The van der Waals surface area contributed by atoms with Crippen molar-refractivity contribution in [2.75, 3.05) is 13.7 Å². The van der Waals surface area contributed by atoms with E-state index in [1.165, 1.54) is 17.9 Å². The number of fused-ring (bicyclic) bond motifs is 1. The fraction of sp³-hybridized carbons (Fsp3) is 0.588. The molecule has 0 radical (unpaired) electrons. The van der Waals surface area contributed by atoms with Gasteiger partial charge in [-0.15, -0.1) is 0 Å². The third kappa shape index (κ3) is 5.29. The Labute approximate surface area is 156 Å². The number of aromatic nitrogens is 3. The molecule has 0 aliphatic carbocycles. The highest BCUT2D eigenvalue weighted by Crippen LogP contribution is 2.35. The zero-order chi connectivity index (χ0) is 20.4. The van der Waals surface area contributed by atoms with Gasteiger partial charge in [-0.3, -0.25) is 0 Å². The molecule has 0 aliphatic rings. The molecule has 2 rings (SSSR count). The molecule has 0 fully saturated rings.